The minimum absolute atomic E-state index is 0.00368. The van der Waals surface area contributed by atoms with E-state index in [4.69, 9.17) is 14.5 Å². The number of aromatic nitrogens is 2. The highest BCUT2D eigenvalue weighted by molar-refractivity contribution is 5.96. The van der Waals surface area contributed by atoms with Gasteiger partial charge in [0.2, 0.25) is 17.7 Å². The van der Waals surface area contributed by atoms with Gasteiger partial charge in [-0.25, -0.2) is 5.43 Å². The van der Waals surface area contributed by atoms with Crippen LogP contribution in [0.1, 0.15) is 90.2 Å². The van der Waals surface area contributed by atoms with Gasteiger partial charge >= 0.3 is 5.97 Å². The molecule has 4 aliphatic heterocycles. The Hall–Kier alpha value is -5.84. The van der Waals surface area contributed by atoms with Crippen LogP contribution >= 0.6 is 0 Å². The first-order chi connectivity index (χ1) is 32.5. The maximum atomic E-state index is 14.8. The third-order valence-electron chi connectivity index (χ3n) is 14.1. The molecular weight excluding hydrogens is 865 g/mol. The topological polar surface area (TPSA) is 198 Å². The number of nitrogens with one attached hydrogen (secondary N) is 3. The van der Waals surface area contributed by atoms with Gasteiger partial charge < -0.3 is 39.6 Å². The molecule has 16 heteroatoms. The lowest BCUT2D eigenvalue weighted by Crippen LogP contribution is -2.62. The number of hydrazine groups is 1. The number of likely N-dealkylation sites (N-methyl/N-ethyl adjacent to an activating group) is 1. The van der Waals surface area contributed by atoms with E-state index in [0.29, 0.717) is 57.3 Å². The molecule has 6 atom stereocenters. The SMILES string of the molecule is CCn1c(-c2cccnc2[C@H](C)OC)c2c3cc(ccc31)-c1cc(O)cc(c1)C[C@H](NC(=O)C(C(C)C)N(C)C(=O)[C@H]1CCCN(C(=O)[C@H]3CN3)C1)C(=O)N1CCC[C@H](N1)C(=O)OCC(C)(C)C2. The van der Waals surface area contributed by atoms with Crippen LogP contribution in [0.3, 0.4) is 0 Å². The molecule has 4 aliphatic rings. The number of amides is 4. The number of aromatic hydroxyl groups is 1. The molecule has 3 fully saturated rings. The number of phenols is 1. The van der Waals surface area contributed by atoms with E-state index in [1.165, 1.54) is 9.91 Å². The molecule has 2 aromatic heterocycles. The fourth-order valence-electron chi connectivity index (χ4n) is 10.5. The lowest BCUT2D eigenvalue weighted by atomic mass is 9.84. The second-order valence-corrected chi connectivity index (χ2v) is 20.3. The average Bonchev–Trinajstić information content (AvgIpc) is 4.14. The van der Waals surface area contributed by atoms with Gasteiger partial charge in [0.05, 0.1) is 36.1 Å². The molecule has 4 aromatic rings. The zero-order valence-corrected chi connectivity index (χ0v) is 40.8. The van der Waals surface area contributed by atoms with E-state index >= 15 is 0 Å². The first kappa shape index (κ1) is 48.6. The number of fused-ring (bicyclic) bond motifs is 6. The van der Waals surface area contributed by atoms with Gasteiger partial charge in [-0.05, 0) is 111 Å². The number of likely N-dealkylation sites (tertiary alicyclic amines) is 1. The predicted octanol–water partition coefficient (Wildman–Crippen LogP) is 5.15. The van der Waals surface area contributed by atoms with Gasteiger partial charge in [-0.2, -0.15) is 0 Å². The molecule has 364 valence electrons. The van der Waals surface area contributed by atoms with E-state index in [1.807, 2.05) is 39.0 Å². The highest BCUT2D eigenvalue weighted by atomic mass is 16.5. The van der Waals surface area contributed by atoms with Crippen molar-refractivity contribution in [1.82, 2.24) is 40.4 Å². The van der Waals surface area contributed by atoms with Crippen LogP contribution in [0.15, 0.2) is 54.7 Å². The molecule has 0 aliphatic carbocycles. The molecule has 3 saturated heterocycles. The second-order valence-electron chi connectivity index (χ2n) is 20.3. The Balaban J connectivity index is 1.18. The van der Waals surface area contributed by atoms with Crippen molar-refractivity contribution in [3.8, 4) is 28.1 Å². The lowest BCUT2D eigenvalue weighted by molar-refractivity contribution is -0.155. The molecule has 0 saturated carbocycles. The number of nitrogens with zero attached hydrogens (tertiary/aromatic N) is 5. The maximum Gasteiger partial charge on any atom is 0.324 e. The third-order valence-corrected chi connectivity index (χ3v) is 14.1. The summed E-state index contributed by atoms with van der Waals surface area (Å²) in [6.07, 6.45) is 4.26. The standard InChI is InChI=1S/C52H68N8O8/c1-9-59-43-17-16-33-25-38(43)39(46(59)37-14-10-18-53-44(37)31(4)67-8)26-52(5,6)29-68-51(66)40-15-12-20-60(56-40)50(65)41(23-32-21-35(33)24-36(61)22-32)55-47(62)45(30(2)3)57(7)48(63)34-13-11-19-58(28-34)49(64)42-27-54-42/h10,14,16-18,21-22,24-25,30-31,34,40-42,45,54,56,61H,9,11-13,15,19-20,23,26-29H2,1-8H3,(H,55,62)/t31-,34-,40-,41-,42+,45?/m0/s1. The number of rotatable bonds is 10. The smallest absolute Gasteiger partial charge is 0.324 e. The van der Waals surface area contributed by atoms with Gasteiger partial charge in [0, 0.05) is 81.4 Å². The van der Waals surface area contributed by atoms with Crippen LogP contribution in [0, 0.1) is 17.3 Å². The third kappa shape index (κ3) is 10.1. The summed E-state index contributed by atoms with van der Waals surface area (Å²) in [5, 5.41) is 19.8. The number of cyclic esters (lactones) is 1. The Morgan fingerprint density at radius 1 is 1.04 bits per heavy atom. The van der Waals surface area contributed by atoms with E-state index in [2.05, 4.69) is 59.6 Å². The zero-order chi connectivity index (χ0) is 48.6. The molecule has 68 heavy (non-hydrogen) atoms. The summed E-state index contributed by atoms with van der Waals surface area (Å²) < 4.78 is 14.2. The molecule has 16 nitrogen and oxygen atoms in total. The summed E-state index contributed by atoms with van der Waals surface area (Å²) in [5.41, 5.74) is 9.58. The van der Waals surface area contributed by atoms with Crippen molar-refractivity contribution < 1.29 is 38.6 Å². The molecule has 4 N–H and O–H groups in total. The monoisotopic (exact) mass is 933 g/mol. The second kappa shape index (κ2) is 20.0. The van der Waals surface area contributed by atoms with E-state index in [0.717, 1.165) is 44.5 Å². The summed E-state index contributed by atoms with van der Waals surface area (Å²) in [6.45, 7) is 14.5. The normalized spacial score (nSPS) is 22.8. The molecule has 6 heterocycles. The van der Waals surface area contributed by atoms with Crippen molar-refractivity contribution in [2.75, 3.05) is 46.9 Å². The van der Waals surface area contributed by atoms with Crippen LogP contribution in [0.2, 0.25) is 0 Å². The zero-order valence-electron chi connectivity index (χ0n) is 40.8. The number of methoxy groups -OCH3 is 1. The molecule has 4 amide bonds. The summed E-state index contributed by atoms with van der Waals surface area (Å²) >= 11 is 0. The summed E-state index contributed by atoms with van der Waals surface area (Å²) in [6, 6.07) is 12.4. The van der Waals surface area contributed by atoms with E-state index < -0.39 is 47.2 Å². The number of phenolic OH excluding ortho intramolecular Hbond substituents is 1. The number of hydrogen-bond acceptors (Lipinski definition) is 11. The highest BCUT2D eigenvalue weighted by Gasteiger charge is 2.41. The Morgan fingerprint density at radius 3 is 2.53 bits per heavy atom. The fourth-order valence-corrected chi connectivity index (χ4v) is 10.5. The van der Waals surface area contributed by atoms with Gasteiger partial charge in [0.15, 0.2) is 0 Å². The molecule has 2 aromatic carbocycles. The number of aryl methyl sites for hydroxylation is 1. The number of benzene rings is 2. The quantitative estimate of drug-likeness (QED) is 0.121. The van der Waals surface area contributed by atoms with Gasteiger partial charge in [0.25, 0.3) is 5.91 Å². The van der Waals surface area contributed by atoms with Crippen LogP contribution in [0.25, 0.3) is 33.3 Å². The first-order valence-electron chi connectivity index (χ1n) is 24.3. The summed E-state index contributed by atoms with van der Waals surface area (Å²) in [4.78, 5) is 78.5. The van der Waals surface area contributed by atoms with Crippen molar-refractivity contribution in [2.45, 2.75) is 117 Å². The lowest BCUT2D eigenvalue weighted by Gasteiger charge is -2.38. The molecular formula is C52H68N8O8. The molecule has 8 rings (SSSR count). The van der Waals surface area contributed by atoms with E-state index in [1.54, 1.807) is 37.4 Å². The molecule has 6 bridgehead atoms. The number of esters is 1. The van der Waals surface area contributed by atoms with Crippen LogP contribution in [-0.2, 0) is 52.8 Å². The molecule has 0 spiro atoms. The molecule has 1 unspecified atom stereocenters. The maximum absolute atomic E-state index is 14.8. The minimum atomic E-state index is -1.16. The predicted molar refractivity (Wildman–Crippen MR) is 258 cm³/mol. The van der Waals surface area contributed by atoms with Crippen LogP contribution in [-0.4, -0.2) is 130 Å². The number of hydrogen-bond donors (Lipinski definition) is 4. The summed E-state index contributed by atoms with van der Waals surface area (Å²) in [5.74, 6) is -2.51. The van der Waals surface area contributed by atoms with Crippen molar-refractivity contribution in [3.63, 3.8) is 0 Å². The van der Waals surface area contributed by atoms with Crippen LogP contribution in [0.4, 0.5) is 0 Å². The Labute approximate surface area is 399 Å². The fraction of sp³-hybridized carbons (Fsp3) is 0.538. The number of piperidine rings is 1. The number of carbonyl (C=O) groups excluding carboxylic acids is 5. The Bertz CT molecular complexity index is 2570. The van der Waals surface area contributed by atoms with Crippen LogP contribution < -0.4 is 16.1 Å². The first-order valence-corrected chi connectivity index (χ1v) is 24.3. The van der Waals surface area contributed by atoms with Gasteiger partial charge in [-0.1, -0.05) is 39.8 Å². The molecule has 0 radical (unpaired) electrons. The van der Waals surface area contributed by atoms with Crippen LogP contribution in [0.5, 0.6) is 5.75 Å². The number of carbonyl (C=O) groups is 5. The average molecular weight is 933 g/mol. The number of ether oxygens (including phenoxy) is 2. The van der Waals surface area contributed by atoms with Crippen molar-refractivity contribution in [3.05, 3.63) is 71.5 Å². The largest absolute Gasteiger partial charge is 0.508 e. The summed E-state index contributed by atoms with van der Waals surface area (Å²) in [7, 11) is 3.29. The number of pyridine rings is 1. The van der Waals surface area contributed by atoms with E-state index in [9.17, 15) is 29.1 Å². The highest BCUT2D eigenvalue weighted by Crippen LogP contribution is 2.42. The Kier molecular flexibility index (Phi) is 14.3. The van der Waals surface area contributed by atoms with Crippen molar-refractivity contribution in [1.29, 1.82) is 0 Å². The minimum Gasteiger partial charge on any atom is -0.508 e. The van der Waals surface area contributed by atoms with Gasteiger partial charge in [-0.15, -0.1) is 0 Å². The Morgan fingerprint density at radius 2 is 1.81 bits per heavy atom. The van der Waals surface area contributed by atoms with Crippen molar-refractivity contribution >= 4 is 40.5 Å². The van der Waals surface area contributed by atoms with E-state index in [-0.39, 0.29) is 61.7 Å². The van der Waals surface area contributed by atoms with Crippen molar-refractivity contribution in [2.24, 2.45) is 17.3 Å². The van der Waals surface area contributed by atoms with Gasteiger partial charge in [0.1, 0.15) is 23.9 Å². The van der Waals surface area contributed by atoms with Gasteiger partial charge in [-0.3, -0.25) is 34.0 Å².